The summed E-state index contributed by atoms with van der Waals surface area (Å²) in [6, 6.07) is 4.53. The SMILES string of the molecule is NCC#Cc1csc(CNC(=O)c2ccc(=O)[nH]n2)c1. The Hall–Kier alpha value is -2.43. The molecule has 0 spiro atoms. The predicted molar refractivity (Wildman–Crippen MR) is 76.3 cm³/mol. The Labute approximate surface area is 119 Å². The summed E-state index contributed by atoms with van der Waals surface area (Å²) >= 11 is 1.50. The highest BCUT2D eigenvalue weighted by atomic mass is 32.1. The highest BCUT2D eigenvalue weighted by molar-refractivity contribution is 7.10. The molecule has 102 valence electrons. The molecule has 0 atom stereocenters. The number of aromatic nitrogens is 2. The van der Waals surface area contributed by atoms with Crippen LogP contribution in [-0.4, -0.2) is 22.6 Å². The van der Waals surface area contributed by atoms with Gasteiger partial charge < -0.3 is 11.1 Å². The van der Waals surface area contributed by atoms with Gasteiger partial charge >= 0.3 is 0 Å². The van der Waals surface area contributed by atoms with Crippen LogP contribution in [0.2, 0.25) is 0 Å². The van der Waals surface area contributed by atoms with Gasteiger partial charge in [-0.2, -0.15) is 5.10 Å². The standard InChI is InChI=1S/C13H12N4O2S/c14-5-1-2-9-6-10(20-8-9)7-15-13(19)11-3-4-12(18)17-16-11/h3-4,6,8H,5,7,14H2,(H,15,19)(H,17,18). The largest absolute Gasteiger partial charge is 0.346 e. The molecular weight excluding hydrogens is 276 g/mol. The number of hydrogen-bond donors (Lipinski definition) is 3. The number of nitrogens with zero attached hydrogens (tertiary/aromatic N) is 1. The number of thiophene rings is 1. The van der Waals surface area contributed by atoms with Gasteiger partial charge in [-0.15, -0.1) is 11.3 Å². The van der Waals surface area contributed by atoms with Crippen molar-refractivity contribution in [2.75, 3.05) is 6.54 Å². The van der Waals surface area contributed by atoms with Gasteiger partial charge in [-0.05, 0) is 12.1 Å². The van der Waals surface area contributed by atoms with Gasteiger partial charge in [0.1, 0.15) is 5.69 Å². The van der Waals surface area contributed by atoms with Crippen molar-refractivity contribution in [3.8, 4) is 11.8 Å². The molecule has 0 unspecified atom stereocenters. The van der Waals surface area contributed by atoms with E-state index in [9.17, 15) is 9.59 Å². The first-order valence-corrected chi connectivity index (χ1v) is 6.67. The Bertz CT molecular complexity index is 703. The summed E-state index contributed by atoms with van der Waals surface area (Å²) in [5.41, 5.74) is 6.00. The van der Waals surface area contributed by atoms with Crippen LogP contribution in [0.1, 0.15) is 20.9 Å². The Kier molecular flexibility index (Phi) is 4.65. The Morgan fingerprint density at radius 1 is 1.50 bits per heavy atom. The molecule has 0 aliphatic heterocycles. The van der Waals surface area contributed by atoms with Gasteiger partial charge in [-0.25, -0.2) is 5.10 Å². The molecular formula is C13H12N4O2S. The topological polar surface area (TPSA) is 101 Å². The molecule has 0 saturated carbocycles. The van der Waals surface area contributed by atoms with Crippen molar-refractivity contribution >= 4 is 17.2 Å². The first kappa shape index (κ1) is 14.0. The fraction of sp³-hybridized carbons (Fsp3) is 0.154. The summed E-state index contributed by atoms with van der Waals surface area (Å²) in [6.45, 7) is 0.703. The smallest absolute Gasteiger partial charge is 0.272 e. The molecule has 20 heavy (non-hydrogen) atoms. The third-order valence-electron chi connectivity index (χ3n) is 2.32. The third-order valence-corrected chi connectivity index (χ3v) is 3.26. The maximum Gasteiger partial charge on any atom is 0.272 e. The van der Waals surface area contributed by atoms with Gasteiger partial charge in [-0.1, -0.05) is 11.8 Å². The number of amides is 1. The third kappa shape index (κ3) is 3.78. The van der Waals surface area contributed by atoms with E-state index in [4.69, 9.17) is 5.73 Å². The zero-order chi connectivity index (χ0) is 14.4. The monoisotopic (exact) mass is 288 g/mol. The minimum Gasteiger partial charge on any atom is -0.346 e. The Morgan fingerprint density at radius 2 is 2.35 bits per heavy atom. The van der Waals surface area contributed by atoms with Crippen molar-refractivity contribution in [3.05, 3.63) is 50.1 Å². The second-order valence-electron chi connectivity index (χ2n) is 3.80. The van der Waals surface area contributed by atoms with Crippen LogP contribution in [0.25, 0.3) is 0 Å². The molecule has 0 radical (unpaired) electrons. The number of H-pyrrole nitrogens is 1. The number of hydrogen-bond acceptors (Lipinski definition) is 5. The molecule has 0 saturated heterocycles. The lowest BCUT2D eigenvalue weighted by Crippen LogP contribution is -2.24. The fourth-order valence-electron chi connectivity index (χ4n) is 1.42. The highest BCUT2D eigenvalue weighted by Gasteiger charge is 2.07. The lowest BCUT2D eigenvalue weighted by atomic mass is 10.3. The van der Waals surface area contributed by atoms with E-state index >= 15 is 0 Å². The zero-order valence-corrected chi connectivity index (χ0v) is 11.3. The summed E-state index contributed by atoms with van der Waals surface area (Å²) in [7, 11) is 0. The molecule has 2 rings (SSSR count). The zero-order valence-electron chi connectivity index (χ0n) is 10.5. The lowest BCUT2D eigenvalue weighted by molar-refractivity contribution is 0.0945. The summed E-state index contributed by atoms with van der Waals surface area (Å²) in [5, 5.41) is 10.5. The second kappa shape index (κ2) is 6.65. The van der Waals surface area contributed by atoms with Crippen LogP contribution in [0.4, 0.5) is 0 Å². The normalized spacial score (nSPS) is 9.65. The van der Waals surface area contributed by atoms with Gasteiger partial charge in [-0.3, -0.25) is 9.59 Å². The Balaban J connectivity index is 1.94. The van der Waals surface area contributed by atoms with E-state index in [0.29, 0.717) is 13.1 Å². The van der Waals surface area contributed by atoms with Crippen LogP contribution in [0.5, 0.6) is 0 Å². The van der Waals surface area contributed by atoms with Crippen LogP contribution in [-0.2, 0) is 6.54 Å². The van der Waals surface area contributed by atoms with Crippen LogP contribution in [0, 0.1) is 11.8 Å². The summed E-state index contributed by atoms with van der Waals surface area (Å²) in [6.07, 6.45) is 0. The van der Waals surface area contributed by atoms with Crippen LogP contribution in [0.3, 0.4) is 0 Å². The van der Waals surface area contributed by atoms with Crippen molar-refractivity contribution < 1.29 is 4.79 Å². The van der Waals surface area contributed by atoms with Crippen LogP contribution < -0.4 is 16.6 Å². The molecule has 0 aliphatic carbocycles. The number of nitrogens with one attached hydrogen (secondary N) is 2. The molecule has 0 aromatic carbocycles. The van der Waals surface area contributed by atoms with E-state index in [1.807, 2.05) is 11.4 Å². The quantitative estimate of drug-likeness (QED) is 0.696. The summed E-state index contributed by atoms with van der Waals surface area (Å²) in [5.74, 6) is 5.34. The maximum absolute atomic E-state index is 11.8. The van der Waals surface area contributed by atoms with Crippen LogP contribution >= 0.6 is 11.3 Å². The summed E-state index contributed by atoms with van der Waals surface area (Å²) < 4.78 is 0. The molecule has 2 heterocycles. The van der Waals surface area contributed by atoms with Crippen molar-refractivity contribution in [3.63, 3.8) is 0 Å². The molecule has 4 N–H and O–H groups in total. The van der Waals surface area contributed by atoms with Crippen molar-refractivity contribution in [2.45, 2.75) is 6.54 Å². The number of nitrogens with two attached hydrogens (primary N) is 1. The minimum absolute atomic E-state index is 0.171. The first-order valence-electron chi connectivity index (χ1n) is 5.79. The van der Waals surface area contributed by atoms with E-state index in [-0.39, 0.29) is 17.2 Å². The van der Waals surface area contributed by atoms with E-state index in [1.165, 1.54) is 23.5 Å². The van der Waals surface area contributed by atoms with Gasteiger partial charge in [0.2, 0.25) is 0 Å². The van der Waals surface area contributed by atoms with E-state index in [1.54, 1.807) is 0 Å². The van der Waals surface area contributed by atoms with Crippen molar-refractivity contribution in [1.82, 2.24) is 15.5 Å². The van der Waals surface area contributed by atoms with Crippen LogP contribution in [0.15, 0.2) is 28.4 Å². The predicted octanol–water partition coefficient (Wildman–Crippen LogP) is 0.0716. The van der Waals surface area contributed by atoms with Gasteiger partial charge in [0.15, 0.2) is 0 Å². The maximum atomic E-state index is 11.8. The molecule has 2 aromatic heterocycles. The van der Waals surface area contributed by atoms with E-state index in [2.05, 4.69) is 27.4 Å². The fourth-order valence-corrected chi connectivity index (χ4v) is 2.18. The van der Waals surface area contributed by atoms with Crippen molar-refractivity contribution in [1.29, 1.82) is 0 Å². The average molecular weight is 288 g/mol. The molecule has 1 amide bonds. The Morgan fingerprint density at radius 3 is 3.05 bits per heavy atom. The van der Waals surface area contributed by atoms with E-state index < -0.39 is 0 Å². The number of aromatic amines is 1. The van der Waals surface area contributed by atoms with Crippen molar-refractivity contribution in [2.24, 2.45) is 5.73 Å². The van der Waals surface area contributed by atoms with Gasteiger partial charge in [0, 0.05) is 21.9 Å². The molecule has 0 aliphatic rings. The molecule has 0 fully saturated rings. The first-order chi connectivity index (χ1) is 9.69. The second-order valence-corrected chi connectivity index (χ2v) is 4.79. The number of rotatable bonds is 3. The summed E-state index contributed by atoms with van der Waals surface area (Å²) in [4.78, 5) is 23.6. The average Bonchev–Trinajstić information content (AvgIpc) is 2.91. The van der Waals surface area contributed by atoms with Gasteiger partial charge in [0.05, 0.1) is 13.1 Å². The molecule has 6 nitrogen and oxygen atoms in total. The lowest BCUT2D eigenvalue weighted by Gasteiger charge is -2.01. The molecule has 7 heteroatoms. The molecule has 2 aromatic rings. The van der Waals surface area contributed by atoms with E-state index in [0.717, 1.165) is 10.4 Å². The number of carbonyl (C=O) groups is 1. The minimum atomic E-state index is -0.345. The molecule has 0 bridgehead atoms. The van der Waals surface area contributed by atoms with Gasteiger partial charge in [0.25, 0.3) is 11.5 Å². The number of carbonyl (C=O) groups excluding carboxylic acids is 1. The highest BCUT2D eigenvalue weighted by Crippen LogP contribution is 2.13.